The maximum atomic E-state index is 11.7. The molecular weight excluding hydrogens is 408 g/mol. The molecule has 1 aromatic heterocycles. The Hall–Kier alpha value is -3.40. The van der Waals surface area contributed by atoms with E-state index in [2.05, 4.69) is 76.9 Å². The molecule has 4 rings (SSSR count). The minimum Gasteiger partial charge on any atom is -0.465 e. The molecular formula is C29H32N2O2. The number of rotatable bonds is 3. The summed E-state index contributed by atoms with van der Waals surface area (Å²) in [6.45, 7) is 13.4. The van der Waals surface area contributed by atoms with Gasteiger partial charge in [0.25, 0.3) is 0 Å². The zero-order chi connectivity index (χ0) is 24.0. The van der Waals surface area contributed by atoms with Crippen LogP contribution in [-0.2, 0) is 15.6 Å². The molecule has 0 amide bonds. The number of esters is 1. The standard InChI is InChI=1S/C29H32N2O2/c1-28(2,3)20-12-13-24-22(14-20)23-15-21(29(4,5)6)16-25(26(23)31-24)30-17-18-8-10-19(11-9-18)27(32)33-7/h8-17,31H,1-7H3. The van der Waals surface area contributed by atoms with Crippen LogP contribution in [0.25, 0.3) is 21.8 Å². The average Bonchev–Trinajstić information content (AvgIpc) is 3.14. The summed E-state index contributed by atoms with van der Waals surface area (Å²) in [6.07, 6.45) is 1.84. The van der Waals surface area contributed by atoms with Gasteiger partial charge in [-0.25, -0.2) is 4.79 Å². The maximum absolute atomic E-state index is 11.7. The first-order chi connectivity index (χ1) is 15.5. The van der Waals surface area contributed by atoms with Gasteiger partial charge in [0.05, 0.1) is 23.9 Å². The van der Waals surface area contributed by atoms with E-state index >= 15 is 0 Å². The summed E-state index contributed by atoms with van der Waals surface area (Å²) in [5.74, 6) is -0.342. The van der Waals surface area contributed by atoms with Crippen LogP contribution in [0.4, 0.5) is 5.69 Å². The molecule has 0 saturated carbocycles. The molecule has 0 unspecified atom stereocenters. The van der Waals surface area contributed by atoms with E-state index < -0.39 is 0 Å². The molecule has 1 heterocycles. The SMILES string of the molecule is COC(=O)c1ccc(C=Nc2cc(C(C)(C)C)cc3c2[nH]c2ccc(C(C)(C)C)cc23)cc1. The highest BCUT2D eigenvalue weighted by Gasteiger charge is 2.20. The van der Waals surface area contributed by atoms with Crippen LogP contribution in [0.3, 0.4) is 0 Å². The Morgan fingerprint density at radius 3 is 2.09 bits per heavy atom. The van der Waals surface area contributed by atoms with Crippen LogP contribution in [0.2, 0.25) is 0 Å². The predicted octanol–water partition coefficient (Wildman–Crippen LogP) is 7.45. The molecule has 0 bridgehead atoms. The number of ether oxygens (including phenoxy) is 1. The minimum atomic E-state index is -0.342. The summed E-state index contributed by atoms with van der Waals surface area (Å²) >= 11 is 0. The Bertz CT molecular complexity index is 1360. The molecule has 0 atom stereocenters. The van der Waals surface area contributed by atoms with Crippen LogP contribution in [0.5, 0.6) is 0 Å². The monoisotopic (exact) mass is 440 g/mol. The molecule has 4 nitrogen and oxygen atoms in total. The largest absolute Gasteiger partial charge is 0.465 e. The van der Waals surface area contributed by atoms with Gasteiger partial charge in [-0.05, 0) is 63.9 Å². The van der Waals surface area contributed by atoms with Gasteiger partial charge in [0.1, 0.15) is 0 Å². The maximum Gasteiger partial charge on any atom is 0.337 e. The molecule has 4 heteroatoms. The molecule has 0 aliphatic heterocycles. The third kappa shape index (κ3) is 4.56. The van der Waals surface area contributed by atoms with E-state index in [0.29, 0.717) is 5.56 Å². The van der Waals surface area contributed by atoms with Gasteiger partial charge in [-0.2, -0.15) is 0 Å². The zero-order valence-electron chi connectivity index (χ0n) is 20.5. The van der Waals surface area contributed by atoms with Crippen LogP contribution in [0, 0.1) is 0 Å². The van der Waals surface area contributed by atoms with Gasteiger partial charge in [-0.1, -0.05) is 59.7 Å². The Morgan fingerprint density at radius 2 is 1.48 bits per heavy atom. The minimum absolute atomic E-state index is 0.00808. The van der Waals surface area contributed by atoms with Gasteiger partial charge in [0.15, 0.2) is 0 Å². The summed E-state index contributed by atoms with van der Waals surface area (Å²) in [6, 6.07) is 18.4. The lowest BCUT2D eigenvalue weighted by molar-refractivity contribution is 0.0600. The first-order valence-electron chi connectivity index (χ1n) is 11.3. The third-order valence-electron chi connectivity index (χ3n) is 6.10. The van der Waals surface area contributed by atoms with Gasteiger partial charge in [-0.3, -0.25) is 4.99 Å². The lowest BCUT2D eigenvalue weighted by atomic mass is 9.84. The van der Waals surface area contributed by atoms with Crippen LogP contribution < -0.4 is 0 Å². The number of carbonyl (C=O) groups excluding carboxylic acids is 1. The highest BCUT2D eigenvalue weighted by molar-refractivity contribution is 6.11. The second kappa shape index (κ2) is 8.18. The Labute approximate surface area is 195 Å². The van der Waals surface area contributed by atoms with Crippen molar-refractivity contribution in [2.24, 2.45) is 4.99 Å². The smallest absolute Gasteiger partial charge is 0.337 e. The second-order valence-electron chi connectivity index (χ2n) is 10.7. The van der Waals surface area contributed by atoms with Crippen LogP contribution >= 0.6 is 0 Å². The van der Waals surface area contributed by atoms with E-state index in [1.54, 1.807) is 12.1 Å². The van der Waals surface area contributed by atoms with E-state index in [-0.39, 0.29) is 16.8 Å². The fourth-order valence-corrected chi connectivity index (χ4v) is 3.95. The van der Waals surface area contributed by atoms with Crippen molar-refractivity contribution >= 4 is 39.7 Å². The molecule has 170 valence electrons. The number of aliphatic imine (C=N–C) groups is 1. The van der Waals surface area contributed by atoms with Crippen molar-refractivity contribution < 1.29 is 9.53 Å². The number of nitrogens with zero attached hydrogens (tertiary/aromatic N) is 1. The molecule has 0 aliphatic rings. The second-order valence-corrected chi connectivity index (χ2v) is 10.7. The van der Waals surface area contributed by atoms with Crippen molar-refractivity contribution in [1.29, 1.82) is 0 Å². The summed E-state index contributed by atoms with van der Waals surface area (Å²) in [4.78, 5) is 20.2. The first kappa shape index (κ1) is 22.8. The van der Waals surface area contributed by atoms with Crippen molar-refractivity contribution in [3.8, 4) is 0 Å². The average molecular weight is 441 g/mol. The Balaban J connectivity index is 1.86. The number of fused-ring (bicyclic) bond motifs is 3. The fraction of sp³-hybridized carbons (Fsp3) is 0.310. The molecule has 0 saturated heterocycles. The van der Waals surface area contributed by atoms with Crippen molar-refractivity contribution in [1.82, 2.24) is 4.98 Å². The van der Waals surface area contributed by atoms with Crippen molar-refractivity contribution in [2.75, 3.05) is 7.11 Å². The van der Waals surface area contributed by atoms with E-state index in [0.717, 1.165) is 22.3 Å². The van der Waals surface area contributed by atoms with Gasteiger partial charge >= 0.3 is 5.97 Å². The summed E-state index contributed by atoms with van der Waals surface area (Å²) in [5, 5.41) is 2.42. The van der Waals surface area contributed by atoms with E-state index in [1.807, 2.05) is 18.3 Å². The number of hydrogen-bond donors (Lipinski definition) is 1. The van der Waals surface area contributed by atoms with Crippen LogP contribution in [-0.4, -0.2) is 24.3 Å². The summed E-state index contributed by atoms with van der Waals surface area (Å²) in [7, 11) is 1.38. The van der Waals surface area contributed by atoms with Crippen LogP contribution in [0.1, 0.15) is 68.6 Å². The number of benzene rings is 3. The van der Waals surface area contributed by atoms with E-state index in [1.165, 1.54) is 29.0 Å². The van der Waals surface area contributed by atoms with Crippen LogP contribution in [0.15, 0.2) is 59.6 Å². The molecule has 0 radical (unpaired) electrons. The zero-order valence-corrected chi connectivity index (χ0v) is 20.5. The fourth-order valence-electron chi connectivity index (χ4n) is 3.95. The highest BCUT2D eigenvalue weighted by atomic mass is 16.5. The molecule has 3 aromatic carbocycles. The van der Waals surface area contributed by atoms with E-state index in [9.17, 15) is 4.79 Å². The number of hydrogen-bond acceptors (Lipinski definition) is 3. The first-order valence-corrected chi connectivity index (χ1v) is 11.3. The quantitative estimate of drug-likeness (QED) is 0.266. The van der Waals surface area contributed by atoms with E-state index in [4.69, 9.17) is 9.73 Å². The normalized spacial score (nSPS) is 12.7. The predicted molar refractivity (Wildman–Crippen MR) is 138 cm³/mol. The summed E-state index contributed by atoms with van der Waals surface area (Å²) in [5.41, 5.74) is 7.12. The number of nitrogens with one attached hydrogen (secondary N) is 1. The number of carbonyl (C=O) groups is 1. The third-order valence-corrected chi connectivity index (χ3v) is 6.10. The highest BCUT2D eigenvalue weighted by Crippen LogP contribution is 2.38. The topological polar surface area (TPSA) is 54.4 Å². The number of H-pyrrole nitrogens is 1. The number of methoxy groups -OCH3 is 1. The van der Waals surface area contributed by atoms with Gasteiger partial charge in [-0.15, -0.1) is 0 Å². The molecule has 1 N–H and O–H groups in total. The molecule has 33 heavy (non-hydrogen) atoms. The molecule has 0 aliphatic carbocycles. The van der Waals surface area contributed by atoms with Gasteiger partial charge < -0.3 is 9.72 Å². The van der Waals surface area contributed by atoms with Gasteiger partial charge in [0.2, 0.25) is 0 Å². The van der Waals surface area contributed by atoms with Crippen molar-refractivity contribution in [3.63, 3.8) is 0 Å². The molecule has 0 spiro atoms. The summed E-state index contributed by atoms with van der Waals surface area (Å²) < 4.78 is 4.78. The lowest BCUT2D eigenvalue weighted by Crippen LogP contribution is -2.11. The molecule has 0 fully saturated rings. The number of aromatic amines is 1. The van der Waals surface area contributed by atoms with Crippen molar-refractivity contribution in [2.45, 2.75) is 52.4 Å². The van der Waals surface area contributed by atoms with Gasteiger partial charge in [0, 0.05) is 22.5 Å². The Kier molecular flexibility index (Phi) is 5.65. The lowest BCUT2D eigenvalue weighted by Gasteiger charge is -2.20. The Morgan fingerprint density at radius 1 is 0.848 bits per heavy atom. The van der Waals surface area contributed by atoms with Crippen molar-refractivity contribution in [3.05, 3.63) is 76.9 Å². The molecule has 4 aromatic rings. The number of aromatic nitrogens is 1.